The minimum atomic E-state index is -0.171. The molecule has 1 unspecified atom stereocenters. The number of carbonyl (C=O) groups is 1. The second-order valence-corrected chi connectivity index (χ2v) is 5.30. The molecule has 1 amide bonds. The molecule has 3 nitrogen and oxygen atoms in total. The van der Waals surface area contributed by atoms with Crippen LogP contribution in [-0.2, 0) is 0 Å². The van der Waals surface area contributed by atoms with Crippen LogP contribution in [0.15, 0.2) is 18.2 Å². The molecule has 2 rings (SSSR count). The number of rotatable bonds is 2. The monoisotopic (exact) mass is 256 g/mol. The van der Waals surface area contributed by atoms with Gasteiger partial charge in [0.25, 0.3) is 5.91 Å². The van der Waals surface area contributed by atoms with Gasteiger partial charge in [-0.3, -0.25) is 4.79 Å². The number of hydrogen-bond acceptors (Lipinski definition) is 3. The van der Waals surface area contributed by atoms with E-state index in [4.69, 9.17) is 17.3 Å². The van der Waals surface area contributed by atoms with Crippen LogP contribution in [-0.4, -0.2) is 23.5 Å². The van der Waals surface area contributed by atoms with Gasteiger partial charge in [0.15, 0.2) is 0 Å². The Morgan fingerprint density at radius 1 is 1.56 bits per heavy atom. The number of hydrogen-bond donors (Lipinski definition) is 2. The second-order valence-electron chi connectivity index (χ2n) is 3.74. The van der Waals surface area contributed by atoms with Gasteiger partial charge in [0.05, 0.1) is 10.6 Å². The summed E-state index contributed by atoms with van der Waals surface area (Å²) in [7, 11) is 0. The quantitative estimate of drug-likeness (QED) is 0.798. The molecule has 0 aromatic heterocycles. The number of nitrogens with one attached hydrogen (secondary N) is 1. The van der Waals surface area contributed by atoms with Crippen LogP contribution < -0.4 is 11.1 Å². The number of carbonyl (C=O) groups excluding carboxylic acids is 1. The van der Waals surface area contributed by atoms with Crippen molar-refractivity contribution in [1.29, 1.82) is 0 Å². The van der Waals surface area contributed by atoms with Crippen molar-refractivity contribution in [1.82, 2.24) is 5.32 Å². The Morgan fingerprint density at radius 3 is 3.00 bits per heavy atom. The lowest BCUT2D eigenvalue weighted by Gasteiger charge is -2.13. The summed E-state index contributed by atoms with van der Waals surface area (Å²) in [5.41, 5.74) is 6.56. The largest absolute Gasteiger partial charge is 0.398 e. The average Bonchev–Trinajstić information content (AvgIpc) is 2.70. The molecule has 16 heavy (non-hydrogen) atoms. The summed E-state index contributed by atoms with van der Waals surface area (Å²) < 4.78 is 0. The van der Waals surface area contributed by atoms with Crippen molar-refractivity contribution in [3.05, 3.63) is 28.8 Å². The fourth-order valence-corrected chi connectivity index (χ4v) is 3.11. The summed E-state index contributed by atoms with van der Waals surface area (Å²) in [5.74, 6) is 1.90. The van der Waals surface area contributed by atoms with Crippen LogP contribution in [0.4, 0.5) is 5.69 Å². The topological polar surface area (TPSA) is 55.1 Å². The first kappa shape index (κ1) is 11.6. The molecule has 1 aromatic carbocycles. The Balaban J connectivity index is 2.13. The van der Waals surface area contributed by atoms with Gasteiger partial charge in [-0.05, 0) is 24.3 Å². The maximum Gasteiger partial charge on any atom is 0.255 e. The van der Waals surface area contributed by atoms with Crippen LogP contribution in [0.1, 0.15) is 16.8 Å². The van der Waals surface area contributed by atoms with Gasteiger partial charge in [-0.15, -0.1) is 0 Å². The molecule has 1 heterocycles. The number of benzene rings is 1. The lowest BCUT2D eigenvalue weighted by molar-refractivity contribution is 0.0942. The molecule has 1 fully saturated rings. The van der Waals surface area contributed by atoms with Crippen molar-refractivity contribution >= 4 is 35.0 Å². The molecule has 0 bridgehead atoms. The van der Waals surface area contributed by atoms with Gasteiger partial charge in [0, 0.05) is 17.5 Å². The number of nitrogen functional groups attached to an aromatic ring is 1. The average molecular weight is 257 g/mol. The third kappa shape index (κ3) is 2.44. The van der Waals surface area contributed by atoms with Gasteiger partial charge in [0.1, 0.15) is 0 Å². The highest BCUT2D eigenvalue weighted by Gasteiger charge is 2.20. The van der Waals surface area contributed by atoms with Gasteiger partial charge < -0.3 is 11.1 Å². The molecule has 0 saturated carbocycles. The van der Waals surface area contributed by atoms with Gasteiger partial charge in [0.2, 0.25) is 0 Å². The predicted octanol–water partition coefficient (Wildman–Crippen LogP) is 2.16. The van der Waals surface area contributed by atoms with Crippen molar-refractivity contribution in [3.63, 3.8) is 0 Å². The number of anilines is 1. The first-order valence-electron chi connectivity index (χ1n) is 5.11. The number of halogens is 1. The van der Waals surface area contributed by atoms with Gasteiger partial charge >= 0.3 is 0 Å². The molecule has 0 aliphatic carbocycles. The molecule has 1 saturated heterocycles. The summed E-state index contributed by atoms with van der Waals surface area (Å²) in [6.07, 6.45) is 1.01. The van der Waals surface area contributed by atoms with Crippen LogP contribution in [0.3, 0.4) is 0 Å². The van der Waals surface area contributed by atoms with Crippen LogP contribution in [0.5, 0.6) is 0 Å². The zero-order chi connectivity index (χ0) is 11.5. The fraction of sp³-hybridized carbons (Fsp3) is 0.364. The predicted molar refractivity (Wildman–Crippen MR) is 69.1 cm³/mol. The lowest BCUT2D eigenvalue weighted by atomic mass is 10.1. The molecule has 1 aliphatic rings. The fourth-order valence-electron chi connectivity index (χ4n) is 1.69. The highest BCUT2D eigenvalue weighted by molar-refractivity contribution is 7.99. The number of nitrogens with two attached hydrogens (primary N) is 1. The Hall–Kier alpha value is -0.870. The maximum absolute atomic E-state index is 12.0. The number of thioether (sulfide) groups is 1. The second kappa shape index (κ2) is 4.97. The maximum atomic E-state index is 12.0. The van der Waals surface area contributed by atoms with E-state index in [1.54, 1.807) is 18.2 Å². The summed E-state index contributed by atoms with van der Waals surface area (Å²) in [6.45, 7) is 0. The van der Waals surface area contributed by atoms with Crippen LogP contribution in [0.2, 0.25) is 5.02 Å². The Kier molecular flexibility index (Phi) is 3.61. The van der Waals surface area contributed by atoms with Crippen molar-refractivity contribution in [3.8, 4) is 0 Å². The van der Waals surface area contributed by atoms with Crippen LogP contribution in [0, 0.1) is 0 Å². The normalized spacial score (nSPS) is 19.7. The summed E-state index contributed by atoms with van der Waals surface area (Å²) >= 11 is 7.81. The molecule has 0 spiro atoms. The van der Waals surface area contributed by atoms with E-state index in [1.165, 1.54) is 0 Å². The molecule has 0 radical (unpaired) electrons. The first-order chi connectivity index (χ1) is 7.68. The third-order valence-corrected chi connectivity index (χ3v) is 4.02. The highest BCUT2D eigenvalue weighted by atomic mass is 35.5. The van der Waals surface area contributed by atoms with Crippen molar-refractivity contribution in [2.45, 2.75) is 12.5 Å². The van der Waals surface area contributed by atoms with Crippen molar-refractivity contribution in [2.75, 3.05) is 17.2 Å². The van der Waals surface area contributed by atoms with Crippen molar-refractivity contribution in [2.24, 2.45) is 0 Å². The van der Waals surface area contributed by atoms with E-state index in [0.717, 1.165) is 17.9 Å². The summed E-state index contributed by atoms with van der Waals surface area (Å²) in [4.78, 5) is 12.0. The molecule has 1 aliphatic heterocycles. The number of amides is 1. The third-order valence-electron chi connectivity index (χ3n) is 2.54. The first-order valence-corrected chi connectivity index (χ1v) is 6.64. The van der Waals surface area contributed by atoms with E-state index in [1.807, 2.05) is 11.8 Å². The Morgan fingerprint density at radius 2 is 2.38 bits per heavy atom. The minimum Gasteiger partial charge on any atom is -0.398 e. The molecular weight excluding hydrogens is 244 g/mol. The van der Waals surface area contributed by atoms with Crippen molar-refractivity contribution < 1.29 is 4.79 Å². The molecular formula is C11H13ClN2OS. The van der Waals surface area contributed by atoms with E-state index in [-0.39, 0.29) is 11.9 Å². The van der Waals surface area contributed by atoms with E-state index in [9.17, 15) is 4.79 Å². The SMILES string of the molecule is Nc1cccc(Cl)c1C(=O)NC1CCSC1. The van der Waals surface area contributed by atoms with E-state index in [2.05, 4.69) is 5.32 Å². The summed E-state index contributed by atoms with van der Waals surface area (Å²) in [5, 5.41) is 3.36. The van der Waals surface area contributed by atoms with E-state index >= 15 is 0 Å². The molecule has 1 aromatic rings. The lowest BCUT2D eigenvalue weighted by Crippen LogP contribution is -2.35. The zero-order valence-electron chi connectivity index (χ0n) is 8.70. The smallest absolute Gasteiger partial charge is 0.255 e. The standard InChI is InChI=1S/C11H13ClN2OS/c12-8-2-1-3-9(13)10(8)11(15)14-7-4-5-16-6-7/h1-3,7H,4-6,13H2,(H,14,15). The minimum absolute atomic E-state index is 0.171. The Bertz CT molecular complexity index is 385. The molecule has 1 atom stereocenters. The van der Waals surface area contributed by atoms with Gasteiger partial charge in [-0.25, -0.2) is 0 Å². The van der Waals surface area contributed by atoms with Gasteiger partial charge in [-0.2, -0.15) is 11.8 Å². The van der Waals surface area contributed by atoms with Gasteiger partial charge in [-0.1, -0.05) is 17.7 Å². The van der Waals surface area contributed by atoms with E-state index in [0.29, 0.717) is 16.3 Å². The zero-order valence-corrected chi connectivity index (χ0v) is 10.3. The van der Waals surface area contributed by atoms with E-state index < -0.39 is 0 Å². The Labute approximate surface area is 104 Å². The van der Waals surface area contributed by atoms with Crippen LogP contribution in [0.25, 0.3) is 0 Å². The van der Waals surface area contributed by atoms with Crippen LogP contribution >= 0.6 is 23.4 Å². The molecule has 3 N–H and O–H groups in total. The molecule has 86 valence electrons. The molecule has 5 heteroatoms. The summed E-state index contributed by atoms with van der Waals surface area (Å²) in [6, 6.07) is 5.34. The highest BCUT2D eigenvalue weighted by Crippen LogP contribution is 2.23.